The van der Waals surface area contributed by atoms with E-state index in [0.717, 1.165) is 4.88 Å². The average molecular weight is 241 g/mol. The zero-order valence-electron chi connectivity index (χ0n) is 9.57. The minimum atomic E-state index is -1.07. The highest BCUT2D eigenvalue weighted by Gasteiger charge is 2.28. The van der Waals surface area contributed by atoms with Gasteiger partial charge < -0.3 is 10.1 Å². The van der Waals surface area contributed by atoms with Gasteiger partial charge in [0.25, 0.3) is 0 Å². The maximum absolute atomic E-state index is 11.4. The van der Waals surface area contributed by atoms with Crippen LogP contribution in [0.15, 0.2) is 17.5 Å². The molecule has 88 valence electrons. The minimum absolute atomic E-state index is 0.182. The number of carbonyl (C=O) groups excluding carboxylic acids is 2. The lowest BCUT2D eigenvalue weighted by atomic mass is 10.1. The van der Waals surface area contributed by atoms with Gasteiger partial charge in [0.1, 0.15) is 0 Å². The summed E-state index contributed by atoms with van der Waals surface area (Å²) < 4.78 is 5.00. The van der Waals surface area contributed by atoms with E-state index in [0.29, 0.717) is 6.54 Å². The molecule has 1 N–H and O–H groups in total. The van der Waals surface area contributed by atoms with E-state index in [1.807, 2.05) is 17.5 Å². The molecule has 0 fully saturated rings. The third kappa shape index (κ3) is 3.66. The standard InChI is InChI=1S/C11H15NO3S/c1-8(13)11(2,3)15-10(14)12-7-9-5-4-6-16-9/h4-6H,7H2,1-3H3,(H,12,14). The first-order valence-corrected chi connectivity index (χ1v) is 5.80. The van der Waals surface area contributed by atoms with E-state index >= 15 is 0 Å². The molecule has 4 nitrogen and oxygen atoms in total. The summed E-state index contributed by atoms with van der Waals surface area (Å²) in [7, 11) is 0. The molecule has 0 saturated carbocycles. The molecule has 0 unspecified atom stereocenters. The molecule has 0 spiro atoms. The quantitative estimate of drug-likeness (QED) is 0.880. The second kappa shape index (κ2) is 5.12. The van der Waals surface area contributed by atoms with Crippen molar-refractivity contribution in [2.24, 2.45) is 0 Å². The highest BCUT2D eigenvalue weighted by Crippen LogP contribution is 2.11. The van der Waals surface area contributed by atoms with E-state index in [4.69, 9.17) is 4.74 Å². The molecule has 1 aromatic heterocycles. The molecule has 1 aromatic rings. The van der Waals surface area contributed by atoms with E-state index in [1.165, 1.54) is 6.92 Å². The van der Waals surface area contributed by atoms with E-state index in [2.05, 4.69) is 5.32 Å². The Hall–Kier alpha value is -1.36. The van der Waals surface area contributed by atoms with Crippen molar-refractivity contribution < 1.29 is 14.3 Å². The van der Waals surface area contributed by atoms with Crippen molar-refractivity contribution in [3.63, 3.8) is 0 Å². The van der Waals surface area contributed by atoms with Crippen molar-refractivity contribution in [1.29, 1.82) is 0 Å². The number of hydrogen-bond acceptors (Lipinski definition) is 4. The number of carbonyl (C=O) groups is 2. The number of nitrogens with one attached hydrogen (secondary N) is 1. The number of alkyl carbamates (subject to hydrolysis) is 1. The molecule has 0 aromatic carbocycles. The van der Waals surface area contributed by atoms with Gasteiger partial charge in [-0.25, -0.2) is 4.79 Å². The summed E-state index contributed by atoms with van der Waals surface area (Å²) in [5.41, 5.74) is -1.07. The van der Waals surface area contributed by atoms with Crippen LogP contribution in [0.1, 0.15) is 25.6 Å². The predicted octanol–water partition coefficient (Wildman–Crippen LogP) is 2.34. The molecule has 0 radical (unpaired) electrons. The summed E-state index contributed by atoms with van der Waals surface area (Å²) in [6.07, 6.45) is -0.575. The molecule has 1 heterocycles. The molecule has 0 aliphatic carbocycles. The first-order chi connectivity index (χ1) is 7.42. The van der Waals surface area contributed by atoms with Crippen LogP contribution in [0.5, 0.6) is 0 Å². The molecule has 1 rings (SSSR count). The van der Waals surface area contributed by atoms with Crippen molar-refractivity contribution >= 4 is 23.2 Å². The number of hydrogen-bond donors (Lipinski definition) is 1. The third-order valence-electron chi connectivity index (χ3n) is 2.18. The van der Waals surface area contributed by atoms with Crippen molar-refractivity contribution in [2.45, 2.75) is 32.9 Å². The van der Waals surface area contributed by atoms with Gasteiger partial charge >= 0.3 is 6.09 Å². The van der Waals surface area contributed by atoms with Crippen molar-refractivity contribution in [3.8, 4) is 0 Å². The second-order valence-electron chi connectivity index (χ2n) is 3.89. The fraction of sp³-hybridized carbons (Fsp3) is 0.455. The Morgan fingerprint density at radius 2 is 2.19 bits per heavy atom. The number of ether oxygens (including phenoxy) is 1. The van der Waals surface area contributed by atoms with Crippen LogP contribution in [-0.2, 0) is 16.1 Å². The SMILES string of the molecule is CC(=O)C(C)(C)OC(=O)NCc1cccs1. The fourth-order valence-electron chi connectivity index (χ4n) is 0.912. The van der Waals surface area contributed by atoms with E-state index in [-0.39, 0.29) is 5.78 Å². The normalized spacial score (nSPS) is 10.9. The van der Waals surface area contributed by atoms with Crippen molar-refractivity contribution in [2.75, 3.05) is 0 Å². The lowest BCUT2D eigenvalue weighted by molar-refractivity contribution is -0.132. The number of ketones is 1. The zero-order chi connectivity index (χ0) is 12.2. The Labute approximate surface area is 98.6 Å². The minimum Gasteiger partial charge on any atom is -0.436 e. The van der Waals surface area contributed by atoms with Crippen molar-refractivity contribution in [1.82, 2.24) is 5.32 Å². The van der Waals surface area contributed by atoms with Gasteiger partial charge in [-0.05, 0) is 32.2 Å². The summed E-state index contributed by atoms with van der Waals surface area (Å²) in [4.78, 5) is 23.5. The van der Waals surface area contributed by atoms with Gasteiger partial charge in [-0.2, -0.15) is 0 Å². The van der Waals surface area contributed by atoms with Crippen LogP contribution in [0.4, 0.5) is 4.79 Å². The Morgan fingerprint density at radius 3 is 2.69 bits per heavy atom. The lowest BCUT2D eigenvalue weighted by Gasteiger charge is -2.21. The van der Waals surface area contributed by atoms with E-state index < -0.39 is 11.7 Å². The van der Waals surface area contributed by atoms with Crippen molar-refractivity contribution in [3.05, 3.63) is 22.4 Å². The first kappa shape index (κ1) is 12.7. The van der Waals surface area contributed by atoms with Gasteiger partial charge in [0.15, 0.2) is 11.4 Å². The molecule has 0 saturated heterocycles. The zero-order valence-corrected chi connectivity index (χ0v) is 10.4. The Morgan fingerprint density at radius 1 is 1.50 bits per heavy atom. The maximum atomic E-state index is 11.4. The lowest BCUT2D eigenvalue weighted by Crippen LogP contribution is -2.39. The van der Waals surface area contributed by atoms with Gasteiger partial charge in [0.2, 0.25) is 0 Å². The summed E-state index contributed by atoms with van der Waals surface area (Å²) >= 11 is 1.55. The van der Waals surface area contributed by atoms with E-state index in [1.54, 1.807) is 25.2 Å². The fourth-order valence-corrected chi connectivity index (χ4v) is 1.56. The molecule has 0 bridgehead atoms. The first-order valence-electron chi connectivity index (χ1n) is 4.92. The van der Waals surface area contributed by atoms with Crippen LogP contribution < -0.4 is 5.32 Å². The highest BCUT2D eigenvalue weighted by atomic mass is 32.1. The number of amides is 1. The summed E-state index contributed by atoms with van der Waals surface area (Å²) in [5, 5.41) is 4.53. The number of Topliss-reactive ketones (excluding diaryl/α,β-unsaturated/α-hetero) is 1. The smallest absolute Gasteiger partial charge is 0.408 e. The van der Waals surface area contributed by atoms with Crippen LogP contribution in [0.3, 0.4) is 0 Å². The summed E-state index contributed by atoms with van der Waals surface area (Å²) in [6.45, 7) is 4.96. The van der Waals surface area contributed by atoms with Crippen LogP contribution >= 0.6 is 11.3 Å². The molecule has 16 heavy (non-hydrogen) atoms. The average Bonchev–Trinajstić information content (AvgIpc) is 2.66. The van der Waals surface area contributed by atoms with Gasteiger partial charge in [0, 0.05) is 4.88 Å². The Bertz CT molecular complexity index is 371. The number of thiophene rings is 1. The molecule has 1 amide bonds. The molecular weight excluding hydrogens is 226 g/mol. The maximum Gasteiger partial charge on any atom is 0.408 e. The molecule has 0 aliphatic heterocycles. The largest absolute Gasteiger partial charge is 0.436 e. The highest BCUT2D eigenvalue weighted by molar-refractivity contribution is 7.09. The van der Waals surface area contributed by atoms with Crippen LogP contribution in [0, 0.1) is 0 Å². The van der Waals surface area contributed by atoms with Gasteiger partial charge in [-0.3, -0.25) is 4.79 Å². The van der Waals surface area contributed by atoms with Crippen LogP contribution in [0.25, 0.3) is 0 Å². The molecule has 0 atom stereocenters. The monoisotopic (exact) mass is 241 g/mol. The van der Waals surface area contributed by atoms with Gasteiger partial charge in [0.05, 0.1) is 6.54 Å². The summed E-state index contributed by atoms with van der Waals surface area (Å²) in [6, 6.07) is 3.83. The Kier molecular flexibility index (Phi) is 4.06. The molecular formula is C11H15NO3S. The number of rotatable bonds is 4. The predicted molar refractivity (Wildman–Crippen MR) is 62.4 cm³/mol. The Balaban J connectivity index is 2.39. The second-order valence-corrected chi connectivity index (χ2v) is 4.92. The van der Waals surface area contributed by atoms with Crippen LogP contribution in [-0.4, -0.2) is 17.5 Å². The van der Waals surface area contributed by atoms with Crippen LogP contribution in [0.2, 0.25) is 0 Å². The third-order valence-corrected chi connectivity index (χ3v) is 3.06. The molecule has 5 heteroatoms. The van der Waals surface area contributed by atoms with Gasteiger partial charge in [-0.15, -0.1) is 11.3 Å². The molecule has 0 aliphatic rings. The summed E-state index contributed by atoms with van der Waals surface area (Å²) in [5.74, 6) is -0.182. The van der Waals surface area contributed by atoms with E-state index in [9.17, 15) is 9.59 Å². The van der Waals surface area contributed by atoms with Gasteiger partial charge in [-0.1, -0.05) is 6.07 Å². The topological polar surface area (TPSA) is 55.4 Å².